The van der Waals surface area contributed by atoms with E-state index in [1.165, 1.54) is 24.4 Å². The third kappa shape index (κ3) is 3.03. The first-order valence-electron chi connectivity index (χ1n) is 5.98. The molecule has 5 nitrogen and oxygen atoms in total. The molecule has 1 heterocycles. The van der Waals surface area contributed by atoms with Gasteiger partial charge in [-0.05, 0) is 30.7 Å². The number of pyridine rings is 1. The molecule has 0 aliphatic heterocycles. The zero-order valence-corrected chi connectivity index (χ0v) is 10.8. The van der Waals surface area contributed by atoms with Crippen molar-refractivity contribution in [3.63, 3.8) is 0 Å². The number of carboxylic acids is 1. The first-order chi connectivity index (χ1) is 9.47. The predicted octanol–water partition coefficient (Wildman–Crippen LogP) is 2.67. The normalized spacial score (nSPS) is 11.9. The summed E-state index contributed by atoms with van der Waals surface area (Å²) in [6.45, 7) is 1.83. The van der Waals surface area contributed by atoms with Crippen molar-refractivity contribution in [2.45, 2.75) is 13.0 Å². The van der Waals surface area contributed by atoms with Crippen LogP contribution in [-0.4, -0.2) is 16.1 Å². The van der Waals surface area contributed by atoms with Gasteiger partial charge < -0.3 is 16.2 Å². The first kappa shape index (κ1) is 13.8. The molecule has 0 fully saturated rings. The molecule has 1 atom stereocenters. The standard InChI is InChI=1S/C14H14FN3O2/c1-8(9-2-4-10(15)5-3-9)18-13-12(14(19)20)6-11(16)7-17-13/h2-8H,16H2,1H3,(H,17,18)(H,19,20). The molecule has 2 aromatic rings. The van der Waals surface area contributed by atoms with Crippen LogP contribution in [0.25, 0.3) is 0 Å². The van der Waals surface area contributed by atoms with Crippen molar-refractivity contribution in [2.24, 2.45) is 0 Å². The first-order valence-corrected chi connectivity index (χ1v) is 5.98. The summed E-state index contributed by atoms with van der Waals surface area (Å²) in [7, 11) is 0. The molecule has 0 saturated carbocycles. The number of rotatable bonds is 4. The molecule has 2 rings (SSSR count). The molecule has 0 amide bonds. The van der Waals surface area contributed by atoms with Crippen LogP contribution in [0.3, 0.4) is 0 Å². The van der Waals surface area contributed by atoms with E-state index in [-0.39, 0.29) is 28.9 Å². The number of benzene rings is 1. The van der Waals surface area contributed by atoms with E-state index in [1.54, 1.807) is 12.1 Å². The molecule has 0 bridgehead atoms. The van der Waals surface area contributed by atoms with E-state index in [0.717, 1.165) is 5.56 Å². The molecule has 0 spiro atoms. The van der Waals surface area contributed by atoms with Crippen LogP contribution in [0.1, 0.15) is 28.9 Å². The van der Waals surface area contributed by atoms with Crippen molar-refractivity contribution in [2.75, 3.05) is 11.1 Å². The van der Waals surface area contributed by atoms with Crippen molar-refractivity contribution in [3.05, 3.63) is 53.5 Å². The number of nitrogen functional groups attached to an aromatic ring is 1. The Morgan fingerprint density at radius 1 is 1.40 bits per heavy atom. The van der Waals surface area contributed by atoms with Crippen LogP contribution in [0, 0.1) is 5.82 Å². The molecule has 0 aliphatic rings. The summed E-state index contributed by atoms with van der Waals surface area (Å²) >= 11 is 0. The van der Waals surface area contributed by atoms with Gasteiger partial charge in [-0.3, -0.25) is 0 Å². The summed E-state index contributed by atoms with van der Waals surface area (Å²) in [5, 5.41) is 12.1. The maximum Gasteiger partial charge on any atom is 0.339 e. The van der Waals surface area contributed by atoms with Gasteiger partial charge in [0.2, 0.25) is 0 Å². The molecule has 20 heavy (non-hydrogen) atoms. The molecule has 0 radical (unpaired) electrons. The number of hydrogen-bond donors (Lipinski definition) is 3. The lowest BCUT2D eigenvalue weighted by Gasteiger charge is -2.16. The number of nitrogens with zero attached hydrogens (tertiary/aromatic N) is 1. The molecule has 0 aliphatic carbocycles. The van der Waals surface area contributed by atoms with Crippen LogP contribution in [0.2, 0.25) is 0 Å². The van der Waals surface area contributed by atoms with Crippen LogP contribution in [0.15, 0.2) is 36.5 Å². The molecule has 4 N–H and O–H groups in total. The summed E-state index contributed by atoms with van der Waals surface area (Å²) in [6.07, 6.45) is 1.38. The highest BCUT2D eigenvalue weighted by Crippen LogP contribution is 2.22. The van der Waals surface area contributed by atoms with Crippen molar-refractivity contribution in [1.29, 1.82) is 0 Å². The fraction of sp³-hybridized carbons (Fsp3) is 0.143. The lowest BCUT2D eigenvalue weighted by molar-refractivity contribution is 0.0697. The Kier molecular flexibility index (Phi) is 3.84. The highest BCUT2D eigenvalue weighted by molar-refractivity contribution is 5.94. The van der Waals surface area contributed by atoms with Gasteiger partial charge in [0, 0.05) is 6.04 Å². The Hall–Kier alpha value is -2.63. The lowest BCUT2D eigenvalue weighted by atomic mass is 10.1. The quantitative estimate of drug-likeness (QED) is 0.798. The fourth-order valence-electron chi connectivity index (χ4n) is 1.80. The van der Waals surface area contributed by atoms with Gasteiger partial charge in [-0.15, -0.1) is 0 Å². The van der Waals surface area contributed by atoms with Gasteiger partial charge in [-0.25, -0.2) is 14.2 Å². The summed E-state index contributed by atoms with van der Waals surface area (Å²) in [5.74, 6) is -1.21. The minimum absolute atomic E-state index is 0.000961. The largest absolute Gasteiger partial charge is 0.478 e. The highest BCUT2D eigenvalue weighted by atomic mass is 19.1. The average molecular weight is 275 g/mol. The molecule has 1 unspecified atom stereocenters. The van der Waals surface area contributed by atoms with Crippen molar-refractivity contribution < 1.29 is 14.3 Å². The minimum atomic E-state index is -1.11. The third-order valence-electron chi connectivity index (χ3n) is 2.86. The van der Waals surface area contributed by atoms with E-state index in [0.29, 0.717) is 0 Å². The lowest BCUT2D eigenvalue weighted by Crippen LogP contribution is -2.12. The second-order valence-electron chi connectivity index (χ2n) is 4.39. The average Bonchev–Trinajstić information content (AvgIpc) is 2.41. The Bertz CT molecular complexity index is 629. The van der Waals surface area contributed by atoms with Gasteiger partial charge in [-0.2, -0.15) is 0 Å². The van der Waals surface area contributed by atoms with Crippen molar-refractivity contribution in [1.82, 2.24) is 4.98 Å². The Balaban J connectivity index is 2.25. The van der Waals surface area contributed by atoms with Gasteiger partial charge >= 0.3 is 5.97 Å². The Labute approximate surface area is 115 Å². The number of halogens is 1. The molecule has 1 aromatic carbocycles. The van der Waals surface area contributed by atoms with Crippen LogP contribution >= 0.6 is 0 Å². The molecular weight excluding hydrogens is 261 g/mol. The Morgan fingerprint density at radius 2 is 2.05 bits per heavy atom. The number of hydrogen-bond acceptors (Lipinski definition) is 4. The fourth-order valence-corrected chi connectivity index (χ4v) is 1.80. The van der Waals surface area contributed by atoms with Crippen molar-refractivity contribution >= 4 is 17.5 Å². The SMILES string of the molecule is CC(Nc1ncc(N)cc1C(=O)O)c1ccc(F)cc1. The molecule has 6 heteroatoms. The Morgan fingerprint density at radius 3 is 2.65 bits per heavy atom. The van der Waals surface area contributed by atoms with E-state index < -0.39 is 5.97 Å². The smallest absolute Gasteiger partial charge is 0.339 e. The van der Waals surface area contributed by atoms with Crippen LogP contribution < -0.4 is 11.1 Å². The summed E-state index contributed by atoms with van der Waals surface area (Å²) in [6, 6.07) is 7.08. The number of nitrogens with two attached hydrogens (primary N) is 1. The zero-order valence-electron chi connectivity index (χ0n) is 10.8. The number of carbonyl (C=O) groups is 1. The third-order valence-corrected chi connectivity index (χ3v) is 2.86. The van der Waals surface area contributed by atoms with Gasteiger partial charge in [0.05, 0.1) is 11.9 Å². The van der Waals surface area contributed by atoms with Crippen molar-refractivity contribution in [3.8, 4) is 0 Å². The maximum absolute atomic E-state index is 12.9. The molecular formula is C14H14FN3O2. The van der Waals surface area contributed by atoms with E-state index in [4.69, 9.17) is 10.8 Å². The molecule has 0 saturated heterocycles. The maximum atomic E-state index is 12.9. The zero-order chi connectivity index (χ0) is 14.7. The van der Waals surface area contributed by atoms with E-state index in [1.807, 2.05) is 6.92 Å². The van der Waals surface area contributed by atoms with E-state index in [9.17, 15) is 9.18 Å². The predicted molar refractivity (Wildman–Crippen MR) is 74.0 cm³/mol. The van der Waals surface area contributed by atoms with Gasteiger partial charge in [-0.1, -0.05) is 12.1 Å². The minimum Gasteiger partial charge on any atom is -0.478 e. The van der Waals surface area contributed by atoms with Crippen LogP contribution in [0.5, 0.6) is 0 Å². The summed E-state index contributed by atoms with van der Waals surface area (Å²) < 4.78 is 12.9. The second kappa shape index (κ2) is 5.56. The number of nitrogens with one attached hydrogen (secondary N) is 1. The topological polar surface area (TPSA) is 88.2 Å². The van der Waals surface area contributed by atoms with E-state index in [2.05, 4.69) is 10.3 Å². The monoisotopic (exact) mass is 275 g/mol. The highest BCUT2D eigenvalue weighted by Gasteiger charge is 2.14. The second-order valence-corrected chi connectivity index (χ2v) is 4.39. The number of carboxylic acid groups (broad SMARTS) is 1. The van der Waals surface area contributed by atoms with Crippen LogP contribution in [0.4, 0.5) is 15.9 Å². The number of aromatic nitrogens is 1. The summed E-state index contributed by atoms with van der Waals surface area (Å²) in [4.78, 5) is 15.1. The van der Waals surface area contributed by atoms with Gasteiger partial charge in [0.15, 0.2) is 0 Å². The van der Waals surface area contributed by atoms with E-state index >= 15 is 0 Å². The van der Waals surface area contributed by atoms with Crippen LogP contribution in [-0.2, 0) is 0 Å². The number of anilines is 2. The number of aromatic carboxylic acids is 1. The molecule has 104 valence electrons. The molecule has 1 aromatic heterocycles. The van der Waals surface area contributed by atoms with Gasteiger partial charge in [0.1, 0.15) is 17.2 Å². The summed E-state index contributed by atoms with van der Waals surface area (Å²) in [5.41, 5.74) is 6.63. The van der Waals surface area contributed by atoms with Gasteiger partial charge in [0.25, 0.3) is 0 Å².